The number of alkyl halides is 3. The van der Waals surface area contributed by atoms with Gasteiger partial charge in [-0.3, -0.25) is 4.79 Å². The maximum atomic E-state index is 13.1. The monoisotopic (exact) mass is 440 g/mol. The first-order chi connectivity index (χ1) is 15.2. The van der Waals surface area contributed by atoms with Gasteiger partial charge >= 0.3 is 12.1 Å². The molecule has 0 unspecified atom stereocenters. The van der Waals surface area contributed by atoms with Gasteiger partial charge in [0.25, 0.3) is 0 Å². The second-order valence-corrected chi connectivity index (χ2v) is 6.85. The highest BCUT2D eigenvalue weighted by atomic mass is 19.4. The van der Waals surface area contributed by atoms with Crippen molar-refractivity contribution in [1.29, 1.82) is 0 Å². The Balaban J connectivity index is 1.97. The highest BCUT2D eigenvalue weighted by Crippen LogP contribution is 2.31. The number of esters is 1. The van der Waals surface area contributed by atoms with Crippen LogP contribution in [-0.4, -0.2) is 38.6 Å². The summed E-state index contributed by atoms with van der Waals surface area (Å²) in [5.74, 6) is -0.969. The van der Waals surface area contributed by atoms with Crippen LogP contribution in [0.3, 0.4) is 0 Å². The molecule has 7 nitrogen and oxygen atoms in total. The third-order valence-corrected chi connectivity index (χ3v) is 4.74. The number of methoxy groups -OCH3 is 1. The molecule has 0 saturated heterocycles. The van der Waals surface area contributed by atoms with Gasteiger partial charge in [-0.1, -0.05) is 12.1 Å². The first-order valence-corrected chi connectivity index (χ1v) is 9.32. The lowest BCUT2D eigenvalue weighted by molar-refractivity contribution is -0.141. The summed E-state index contributed by atoms with van der Waals surface area (Å²) in [7, 11) is 1.22. The summed E-state index contributed by atoms with van der Waals surface area (Å²) in [6.07, 6.45) is -3.27. The maximum Gasteiger partial charge on any atom is 0.433 e. The van der Waals surface area contributed by atoms with E-state index in [1.54, 1.807) is 24.3 Å². The average molecular weight is 440 g/mol. The van der Waals surface area contributed by atoms with Gasteiger partial charge in [0.15, 0.2) is 11.6 Å². The first kappa shape index (κ1) is 21.2. The maximum absolute atomic E-state index is 13.1. The fourth-order valence-corrected chi connectivity index (χ4v) is 3.23. The smallest absolute Gasteiger partial charge is 0.433 e. The molecule has 0 aliphatic heterocycles. The summed E-state index contributed by atoms with van der Waals surface area (Å²) in [5, 5.41) is 4.51. The molecular weight excluding hydrogens is 425 g/mol. The van der Waals surface area contributed by atoms with Crippen LogP contribution in [-0.2, 0) is 10.9 Å². The number of carbonyl (C=O) groups is 2. The highest BCUT2D eigenvalue weighted by molar-refractivity contribution is 6.05. The Morgan fingerprint density at radius 2 is 1.78 bits per heavy atom. The molecule has 32 heavy (non-hydrogen) atoms. The van der Waals surface area contributed by atoms with Crippen LogP contribution in [0.2, 0.25) is 0 Å². The van der Waals surface area contributed by atoms with Crippen molar-refractivity contribution < 1.29 is 27.5 Å². The molecule has 0 N–H and O–H groups in total. The Kier molecular flexibility index (Phi) is 5.21. The summed E-state index contributed by atoms with van der Waals surface area (Å²) in [4.78, 5) is 32.1. The summed E-state index contributed by atoms with van der Waals surface area (Å²) >= 11 is 0. The van der Waals surface area contributed by atoms with Crippen molar-refractivity contribution in [2.45, 2.75) is 13.1 Å². The van der Waals surface area contributed by atoms with Crippen LogP contribution >= 0.6 is 0 Å². The van der Waals surface area contributed by atoms with Crippen LogP contribution in [0.15, 0.2) is 54.7 Å². The number of hydrogen-bond donors (Lipinski definition) is 0. The van der Waals surface area contributed by atoms with Gasteiger partial charge < -0.3 is 4.74 Å². The number of ketones is 1. The van der Waals surface area contributed by atoms with Crippen LogP contribution in [0.5, 0.6) is 0 Å². The van der Waals surface area contributed by atoms with Gasteiger partial charge in [-0.15, -0.1) is 0 Å². The van der Waals surface area contributed by atoms with Gasteiger partial charge in [0.05, 0.1) is 30.1 Å². The standard InChI is InChI=1S/C22H15F3N4O3/c1-12(30)16-5-3-6-17(27-16)13-9-14(21(31)32-2)15-11-26-29(18(15)10-13)20-8-4-7-19(28-20)22(23,24)25/h3-11H,1-2H3. The van der Waals surface area contributed by atoms with Crippen molar-refractivity contribution >= 4 is 22.7 Å². The number of aromatic nitrogens is 4. The van der Waals surface area contributed by atoms with Crippen molar-refractivity contribution in [3.8, 4) is 17.1 Å². The minimum atomic E-state index is -4.63. The van der Waals surface area contributed by atoms with E-state index in [1.165, 1.54) is 43.1 Å². The van der Waals surface area contributed by atoms with Crippen LogP contribution in [0.4, 0.5) is 13.2 Å². The summed E-state index contributed by atoms with van der Waals surface area (Å²) in [6, 6.07) is 11.5. The number of ether oxygens (including phenoxy) is 1. The first-order valence-electron chi connectivity index (χ1n) is 9.32. The van der Waals surface area contributed by atoms with Crippen molar-refractivity contribution in [3.63, 3.8) is 0 Å². The number of halogens is 3. The molecule has 0 aliphatic rings. The van der Waals surface area contributed by atoms with Crippen molar-refractivity contribution in [3.05, 3.63) is 71.7 Å². The Labute approximate surface area is 179 Å². The minimum absolute atomic E-state index is 0.0757. The van der Waals surface area contributed by atoms with Crippen molar-refractivity contribution in [1.82, 2.24) is 19.7 Å². The van der Waals surface area contributed by atoms with Gasteiger partial charge in [-0.05, 0) is 36.4 Å². The Hall–Kier alpha value is -4.08. The lowest BCUT2D eigenvalue weighted by Gasteiger charge is -2.10. The number of fused-ring (bicyclic) bond motifs is 1. The predicted octanol–water partition coefficient (Wildman–Crippen LogP) is 4.49. The molecule has 162 valence electrons. The number of rotatable bonds is 4. The molecule has 4 aromatic rings. The SMILES string of the molecule is COC(=O)c1cc(-c2cccc(C(C)=O)n2)cc2c1cnn2-c1cccc(C(F)(F)F)n1. The molecule has 0 fully saturated rings. The largest absolute Gasteiger partial charge is 0.465 e. The molecule has 0 atom stereocenters. The summed E-state index contributed by atoms with van der Waals surface area (Å²) < 4.78 is 45.5. The van der Waals surface area contributed by atoms with E-state index in [9.17, 15) is 22.8 Å². The Morgan fingerprint density at radius 3 is 2.47 bits per heavy atom. The normalized spacial score (nSPS) is 11.5. The molecule has 0 saturated carbocycles. The number of pyridine rings is 2. The van der Waals surface area contributed by atoms with Crippen LogP contribution in [0.25, 0.3) is 28.0 Å². The van der Waals surface area contributed by atoms with Crippen LogP contribution in [0.1, 0.15) is 33.5 Å². The van der Waals surface area contributed by atoms with E-state index in [0.29, 0.717) is 22.2 Å². The van der Waals surface area contributed by atoms with Crippen molar-refractivity contribution in [2.75, 3.05) is 7.11 Å². The van der Waals surface area contributed by atoms with Gasteiger partial charge in [0.2, 0.25) is 0 Å². The number of carbonyl (C=O) groups excluding carboxylic acids is 2. The van der Waals surface area contributed by atoms with Crippen molar-refractivity contribution in [2.24, 2.45) is 0 Å². The van der Waals surface area contributed by atoms with E-state index < -0.39 is 17.8 Å². The zero-order chi connectivity index (χ0) is 23.0. The van der Waals surface area contributed by atoms with Crippen LogP contribution < -0.4 is 0 Å². The third kappa shape index (κ3) is 3.82. The number of benzene rings is 1. The van der Waals surface area contributed by atoms with E-state index in [-0.39, 0.29) is 22.9 Å². The van der Waals surface area contributed by atoms with Gasteiger partial charge in [0.1, 0.15) is 11.4 Å². The lowest BCUT2D eigenvalue weighted by atomic mass is 10.0. The van der Waals surface area contributed by atoms with Gasteiger partial charge in [-0.25, -0.2) is 19.4 Å². The quantitative estimate of drug-likeness (QED) is 0.343. The fraction of sp³-hybridized carbons (Fsp3) is 0.136. The van der Waals surface area contributed by atoms with E-state index in [1.807, 2.05) is 0 Å². The zero-order valence-corrected chi connectivity index (χ0v) is 16.8. The molecule has 0 aliphatic carbocycles. The number of hydrogen-bond acceptors (Lipinski definition) is 6. The molecule has 0 spiro atoms. The van der Waals surface area contributed by atoms with Gasteiger partial charge in [0, 0.05) is 17.9 Å². The van der Waals surface area contributed by atoms with E-state index in [2.05, 4.69) is 15.1 Å². The van der Waals surface area contributed by atoms with Crippen LogP contribution in [0, 0.1) is 0 Å². The second-order valence-electron chi connectivity index (χ2n) is 6.85. The minimum Gasteiger partial charge on any atom is -0.465 e. The van der Waals surface area contributed by atoms with E-state index in [4.69, 9.17) is 4.74 Å². The molecule has 1 aromatic carbocycles. The fourth-order valence-electron chi connectivity index (χ4n) is 3.23. The third-order valence-electron chi connectivity index (χ3n) is 4.74. The van der Waals surface area contributed by atoms with Gasteiger partial charge in [-0.2, -0.15) is 18.3 Å². The molecule has 3 aromatic heterocycles. The number of Topliss-reactive ketones (excluding diaryl/α,β-unsaturated/α-hetero) is 1. The molecule has 0 radical (unpaired) electrons. The molecular formula is C22H15F3N4O3. The Bertz CT molecular complexity index is 1360. The molecule has 3 heterocycles. The number of nitrogens with zero attached hydrogens (tertiary/aromatic N) is 4. The summed E-state index contributed by atoms with van der Waals surface area (Å²) in [6.45, 7) is 1.38. The lowest BCUT2D eigenvalue weighted by Crippen LogP contribution is -2.10. The zero-order valence-electron chi connectivity index (χ0n) is 16.8. The molecule has 10 heteroatoms. The highest BCUT2D eigenvalue weighted by Gasteiger charge is 2.32. The predicted molar refractivity (Wildman–Crippen MR) is 108 cm³/mol. The molecule has 0 amide bonds. The average Bonchev–Trinajstić information content (AvgIpc) is 3.21. The second kappa shape index (κ2) is 7.88. The molecule has 4 rings (SSSR count). The van der Waals surface area contributed by atoms with E-state index >= 15 is 0 Å². The topological polar surface area (TPSA) is 87.0 Å². The van der Waals surface area contributed by atoms with E-state index in [0.717, 1.165) is 6.07 Å². The summed E-state index contributed by atoms with van der Waals surface area (Å²) in [5.41, 5.74) is 0.483. The Morgan fingerprint density at radius 1 is 1.03 bits per heavy atom. The molecule has 0 bridgehead atoms.